The number of rotatable bonds is 4. The first-order valence-electron chi connectivity index (χ1n) is 7.88. The van der Waals surface area contributed by atoms with Gasteiger partial charge in [-0.05, 0) is 23.1 Å². The van der Waals surface area contributed by atoms with Gasteiger partial charge < -0.3 is 4.74 Å². The largest absolute Gasteiger partial charge is 0.496 e. The third-order valence-corrected chi connectivity index (χ3v) is 3.87. The number of fused-ring (bicyclic) bond motifs is 1. The summed E-state index contributed by atoms with van der Waals surface area (Å²) in [5.41, 5.74) is 6.27. The van der Waals surface area contributed by atoms with Crippen LogP contribution in [0.1, 0.15) is 15.9 Å². The van der Waals surface area contributed by atoms with Gasteiger partial charge in [-0.2, -0.15) is 0 Å². The van der Waals surface area contributed by atoms with Gasteiger partial charge in [0.25, 0.3) is 5.91 Å². The summed E-state index contributed by atoms with van der Waals surface area (Å²) in [5, 5.41) is 1.60. The van der Waals surface area contributed by atoms with Gasteiger partial charge in [-0.25, -0.2) is 0 Å². The highest BCUT2D eigenvalue weighted by Crippen LogP contribution is 2.28. The fourth-order valence-corrected chi connectivity index (χ4v) is 2.67. The number of methoxy groups -OCH3 is 1. The summed E-state index contributed by atoms with van der Waals surface area (Å²) in [6, 6.07) is 20.2. The van der Waals surface area contributed by atoms with Crippen molar-refractivity contribution in [2.45, 2.75) is 6.42 Å². The fourth-order valence-electron chi connectivity index (χ4n) is 2.67. The van der Waals surface area contributed by atoms with Crippen molar-refractivity contribution >= 4 is 22.6 Å². The first-order valence-corrected chi connectivity index (χ1v) is 7.88. The van der Waals surface area contributed by atoms with Crippen LogP contribution in [0.3, 0.4) is 0 Å². The van der Waals surface area contributed by atoms with Gasteiger partial charge in [-0.1, -0.05) is 54.6 Å². The molecule has 0 spiro atoms. The quantitative estimate of drug-likeness (QED) is 0.721. The lowest BCUT2D eigenvalue weighted by Crippen LogP contribution is -2.42. The number of benzene rings is 3. The van der Waals surface area contributed by atoms with E-state index in [9.17, 15) is 9.59 Å². The van der Waals surface area contributed by atoms with E-state index in [-0.39, 0.29) is 18.2 Å². The van der Waals surface area contributed by atoms with E-state index in [2.05, 4.69) is 10.9 Å². The van der Waals surface area contributed by atoms with Crippen molar-refractivity contribution in [1.29, 1.82) is 0 Å². The van der Waals surface area contributed by atoms with Crippen LogP contribution in [-0.2, 0) is 11.2 Å². The molecule has 0 fully saturated rings. The molecule has 5 heteroatoms. The molecule has 2 N–H and O–H groups in total. The van der Waals surface area contributed by atoms with E-state index in [4.69, 9.17) is 4.74 Å². The van der Waals surface area contributed by atoms with E-state index in [0.717, 1.165) is 16.3 Å². The summed E-state index contributed by atoms with van der Waals surface area (Å²) in [4.78, 5) is 24.4. The Hall–Kier alpha value is -3.34. The van der Waals surface area contributed by atoms with Crippen molar-refractivity contribution in [2.75, 3.05) is 7.11 Å². The van der Waals surface area contributed by atoms with Gasteiger partial charge >= 0.3 is 0 Å². The Bertz CT molecular complexity index is 907. The highest BCUT2D eigenvalue weighted by atomic mass is 16.5. The van der Waals surface area contributed by atoms with Crippen LogP contribution in [0.2, 0.25) is 0 Å². The molecule has 0 aliphatic rings. The van der Waals surface area contributed by atoms with E-state index in [1.54, 1.807) is 19.2 Å². The van der Waals surface area contributed by atoms with Crippen molar-refractivity contribution in [1.82, 2.24) is 10.9 Å². The van der Waals surface area contributed by atoms with E-state index < -0.39 is 0 Å². The van der Waals surface area contributed by atoms with Gasteiger partial charge in [0.15, 0.2) is 0 Å². The molecular weight excluding hydrogens is 316 g/mol. The maximum Gasteiger partial charge on any atom is 0.270 e. The maximum atomic E-state index is 12.4. The van der Waals surface area contributed by atoms with Crippen molar-refractivity contribution in [2.24, 2.45) is 0 Å². The molecule has 25 heavy (non-hydrogen) atoms. The molecule has 0 saturated carbocycles. The number of carbonyl (C=O) groups is 2. The molecule has 0 aromatic heterocycles. The van der Waals surface area contributed by atoms with Gasteiger partial charge in [-0.15, -0.1) is 0 Å². The van der Waals surface area contributed by atoms with Crippen molar-refractivity contribution in [3.63, 3.8) is 0 Å². The van der Waals surface area contributed by atoms with Crippen LogP contribution < -0.4 is 15.6 Å². The minimum Gasteiger partial charge on any atom is -0.496 e. The molecule has 0 aliphatic carbocycles. The molecule has 3 aromatic rings. The van der Waals surface area contributed by atoms with Crippen LogP contribution in [0.5, 0.6) is 5.75 Å². The summed E-state index contributed by atoms with van der Waals surface area (Å²) >= 11 is 0. The standard InChI is InChI=1S/C20H18N2O3/c1-25-18-12-11-17(15-9-5-6-10-16(15)18)20(24)22-21-19(23)13-14-7-3-2-4-8-14/h2-12H,13H2,1H3,(H,21,23)(H,22,24). The highest BCUT2D eigenvalue weighted by Gasteiger charge is 2.13. The maximum absolute atomic E-state index is 12.4. The first kappa shape index (κ1) is 16.5. The molecule has 2 amide bonds. The van der Waals surface area contributed by atoms with E-state index >= 15 is 0 Å². The van der Waals surface area contributed by atoms with Crippen molar-refractivity contribution < 1.29 is 14.3 Å². The SMILES string of the molecule is COc1ccc(C(=O)NNC(=O)Cc2ccccc2)c2ccccc12. The molecule has 3 aromatic carbocycles. The monoisotopic (exact) mass is 334 g/mol. The molecule has 0 unspecified atom stereocenters. The van der Waals surface area contributed by atoms with E-state index in [0.29, 0.717) is 11.3 Å². The predicted octanol–water partition coefficient (Wildman–Crippen LogP) is 2.85. The zero-order valence-electron chi connectivity index (χ0n) is 13.8. The molecule has 0 atom stereocenters. The number of hydrogen-bond donors (Lipinski definition) is 2. The molecular formula is C20H18N2O3. The molecule has 0 radical (unpaired) electrons. The normalized spacial score (nSPS) is 10.3. The lowest BCUT2D eigenvalue weighted by molar-refractivity contribution is -0.121. The Labute approximate surface area is 145 Å². The second kappa shape index (κ2) is 7.49. The van der Waals surface area contributed by atoms with Gasteiger partial charge in [0, 0.05) is 10.9 Å². The van der Waals surface area contributed by atoms with Crippen LogP contribution in [-0.4, -0.2) is 18.9 Å². The number of hydrazine groups is 1. The lowest BCUT2D eigenvalue weighted by Gasteiger charge is -2.11. The summed E-state index contributed by atoms with van der Waals surface area (Å²) in [6.45, 7) is 0. The second-order valence-corrected chi connectivity index (χ2v) is 5.53. The molecule has 0 saturated heterocycles. The molecule has 0 heterocycles. The van der Waals surface area contributed by atoms with Gasteiger partial charge in [0.05, 0.1) is 13.5 Å². The van der Waals surface area contributed by atoms with Gasteiger partial charge in [-0.3, -0.25) is 20.4 Å². The molecule has 126 valence electrons. The minimum atomic E-state index is -0.375. The van der Waals surface area contributed by atoms with Gasteiger partial charge in [0.2, 0.25) is 5.91 Å². The smallest absolute Gasteiger partial charge is 0.270 e. The molecule has 0 aliphatic heterocycles. The zero-order valence-corrected chi connectivity index (χ0v) is 13.8. The number of nitrogens with one attached hydrogen (secondary N) is 2. The first-order chi connectivity index (χ1) is 12.2. The molecule has 0 bridgehead atoms. The Morgan fingerprint density at radius 3 is 2.24 bits per heavy atom. The Morgan fingerprint density at radius 1 is 0.840 bits per heavy atom. The molecule has 3 rings (SSSR count). The lowest BCUT2D eigenvalue weighted by atomic mass is 10.0. The Kier molecular flexibility index (Phi) is 4.95. The topological polar surface area (TPSA) is 67.4 Å². The average Bonchev–Trinajstić information content (AvgIpc) is 2.66. The third-order valence-electron chi connectivity index (χ3n) is 3.87. The Morgan fingerprint density at radius 2 is 1.52 bits per heavy atom. The number of amides is 2. The van der Waals surface area contributed by atoms with Crippen molar-refractivity contribution in [3.8, 4) is 5.75 Å². The van der Waals surface area contributed by atoms with Crippen molar-refractivity contribution in [3.05, 3.63) is 77.9 Å². The average molecular weight is 334 g/mol. The van der Waals surface area contributed by atoms with Crippen LogP contribution in [0.4, 0.5) is 0 Å². The summed E-state index contributed by atoms with van der Waals surface area (Å²) < 4.78 is 5.33. The van der Waals surface area contributed by atoms with Crippen LogP contribution in [0.15, 0.2) is 66.7 Å². The van der Waals surface area contributed by atoms with Crippen LogP contribution >= 0.6 is 0 Å². The fraction of sp³-hybridized carbons (Fsp3) is 0.100. The summed E-state index contributed by atoms with van der Waals surface area (Å²) in [6.07, 6.45) is 0.199. The highest BCUT2D eigenvalue weighted by molar-refractivity contribution is 6.08. The molecule has 5 nitrogen and oxygen atoms in total. The minimum absolute atomic E-state index is 0.199. The summed E-state index contributed by atoms with van der Waals surface area (Å²) in [5.74, 6) is 0.0397. The van der Waals surface area contributed by atoms with Gasteiger partial charge in [0.1, 0.15) is 5.75 Å². The number of hydrogen-bond acceptors (Lipinski definition) is 3. The second-order valence-electron chi connectivity index (χ2n) is 5.53. The van der Waals surface area contributed by atoms with E-state index in [1.165, 1.54) is 0 Å². The van der Waals surface area contributed by atoms with Crippen LogP contribution in [0, 0.1) is 0 Å². The predicted molar refractivity (Wildman–Crippen MR) is 96.3 cm³/mol. The van der Waals surface area contributed by atoms with E-state index in [1.807, 2.05) is 54.6 Å². The summed E-state index contributed by atoms with van der Waals surface area (Å²) in [7, 11) is 1.59. The Balaban J connectivity index is 1.71. The third kappa shape index (κ3) is 3.77. The zero-order chi connectivity index (χ0) is 17.6. The number of ether oxygens (including phenoxy) is 1. The van der Waals surface area contributed by atoms with Crippen LogP contribution in [0.25, 0.3) is 10.8 Å². The number of carbonyl (C=O) groups excluding carboxylic acids is 2.